The minimum atomic E-state index is -0.342. The smallest absolute Gasteiger partial charge is 0.134 e. The lowest BCUT2D eigenvalue weighted by molar-refractivity contribution is 0.321. The van der Waals surface area contributed by atoms with Crippen molar-refractivity contribution in [3.05, 3.63) is 35.1 Å². The van der Waals surface area contributed by atoms with Crippen LogP contribution in [0.1, 0.15) is 11.1 Å². The molecule has 0 heterocycles. The molecular formula is C8H8FNO. The Bertz CT molecular complexity index is 283. The van der Waals surface area contributed by atoms with Gasteiger partial charge in [-0.15, -0.1) is 0 Å². The molecule has 0 aliphatic rings. The molecule has 0 amide bonds. The zero-order valence-electron chi connectivity index (χ0n) is 6.08. The van der Waals surface area contributed by atoms with E-state index in [2.05, 4.69) is 5.16 Å². The lowest BCUT2D eigenvalue weighted by atomic mass is 10.1. The first kappa shape index (κ1) is 7.72. The molecule has 2 nitrogen and oxygen atoms in total. The fourth-order valence-electron chi connectivity index (χ4n) is 0.832. The largest absolute Gasteiger partial charge is 0.411 e. The van der Waals surface area contributed by atoms with Crippen LogP contribution in [0.2, 0.25) is 0 Å². The summed E-state index contributed by atoms with van der Waals surface area (Å²) < 4.78 is 13.0. The van der Waals surface area contributed by atoms with Gasteiger partial charge < -0.3 is 5.21 Å². The number of halogens is 1. The average Bonchev–Trinajstić information content (AvgIpc) is 1.99. The zero-order valence-corrected chi connectivity index (χ0v) is 6.08. The normalized spacial score (nSPS) is 10.7. The summed E-state index contributed by atoms with van der Waals surface area (Å²) in [4.78, 5) is 0. The van der Waals surface area contributed by atoms with Crippen molar-refractivity contribution in [2.75, 3.05) is 0 Å². The third-order valence-electron chi connectivity index (χ3n) is 1.42. The number of nitrogens with zero attached hydrogens (tertiary/aromatic N) is 1. The minimum Gasteiger partial charge on any atom is -0.411 e. The third kappa shape index (κ3) is 1.55. The molecule has 0 spiro atoms. The highest BCUT2D eigenvalue weighted by atomic mass is 19.1. The van der Waals surface area contributed by atoms with Gasteiger partial charge in [-0.1, -0.05) is 23.4 Å². The fraction of sp³-hybridized carbons (Fsp3) is 0.125. The van der Waals surface area contributed by atoms with E-state index in [1.54, 1.807) is 25.1 Å². The Balaban J connectivity index is 3.16. The Hall–Kier alpha value is -1.38. The van der Waals surface area contributed by atoms with Crippen LogP contribution >= 0.6 is 0 Å². The molecule has 3 heteroatoms. The maximum Gasteiger partial charge on any atom is 0.134 e. The average molecular weight is 153 g/mol. The summed E-state index contributed by atoms with van der Waals surface area (Å²) in [5, 5.41) is 10.9. The van der Waals surface area contributed by atoms with Crippen molar-refractivity contribution < 1.29 is 9.60 Å². The second kappa shape index (κ2) is 3.14. The van der Waals surface area contributed by atoms with E-state index in [4.69, 9.17) is 5.21 Å². The summed E-state index contributed by atoms with van der Waals surface area (Å²) in [5.74, 6) is -0.342. The molecule has 0 bridgehead atoms. The third-order valence-corrected chi connectivity index (χ3v) is 1.42. The van der Waals surface area contributed by atoms with E-state index in [-0.39, 0.29) is 5.82 Å². The summed E-state index contributed by atoms with van der Waals surface area (Å²) in [7, 11) is 0. The molecular weight excluding hydrogens is 145 g/mol. The van der Waals surface area contributed by atoms with Crippen LogP contribution < -0.4 is 0 Å². The van der Waals surface area contributed by atoms with Gasteiger partial charge in [0.2, 0.25) is 0 Å². The van der Waals surface area contributed by atoms with Gasteiger partial charge in [-0.2, -0.15) is 0 Å². The van der Waals surface area contributed by atoms with Gasteiger partial charge in [-0.3, -0.25) is 0 Å². The second-order valence-electron chi connectivity index (χ2n) is 2.22. The van der Waals surface area contributed by atoms with Crippen LogP contribution in [-0.4, -0.2) is 11.4 Å². The molecule has 1 N–H and O–H groups in total. The predicted octanol–water partition coefficient (Wildman–Crippen LogP) is 1.94. The number of benzene rings is 1. The first-order chi connectivity index (χ1) is 5.25. The van der Waals surface area contributed by atoms with Crippen molar-refractivity contribution in [1.82, 2.24) is 0 Å². The van der Waals surface area contributed by atoms with E-state index in [0.29, 0.717) is 11.1 Å². The SMILES string of the molecule is Cc1cccc(/C=N\O)c1F. The van der Waals surface area contributed by atoms with Gasteiger partial charge in [0, 0.05) is 5.56 Å². The van der Waals surface area contributed by atoms with Crippen molar-refractivity contribution in [3.63, 3.8) is 0 Å². The van der Waals surface area contributed by atoms with Crippen molar-refractivity contribution >= 4 is 6.21 Å². The summed E-state index contributed by atoms with van der Waals surface area (Å²) in [6, 6.07) is 4.90. The molecule has 0 radical (unpaired) electrons. The summed E-state index contributed by atoms with van der Waals surface area (Å²) in [5.41, 5.74) is 0.843. The number of hydrogen-bond donors (Lipinski definition) is 1. The van der Waals surface area contributed by atoms with E-state index < -0.39 is 0 Å². The van der Waals surface area contributed by atoms with Crippen molar-refractivity contribution in [2.45, 2.75) is 6.92 Å². The summed E-state index contributed by atoms with van der Waals surface area (Å²) in [6.07, 6.45) is 1.07. The van der Waals surface area contributed by atoms with E-state index in [1.807, 2.05) is 0 Å². The summed E-state index contributed by atoms with van der Waals surface area (Å²) >= 11 is 0. The number of hydrogen-bond acceptors (Lipinski definition) is 2. The van der Waals surface area contributed by atoms with Gasteiger partial charge in [0.25, 0.3) is 0 Å². The maximum absolute atomic E-state index is 13.0. The molecule has 0 atom stereocenters. The van der Waals surface area contributed by atoms with Gasteiger partial charge in [-0.25, -0.2) is 4.39 Å². The van der Waals surface area contributed by atoms with Crippen LogP contribution in [0.3, 0.4) is 0 Å². The maximum atomic E-state index is 13.0. The molecule has 0 aliphatic heterocycles. The standard InChI is InChI=1S/C8H8FNO/c1-6-3-2-4-7(5-10-11)8(6)9/h2-5,11H,1H3/b10-5-. The number of rotatable bonds is 1. The van der Waals surface area contributed by atoms with Crippen LogP contribution in [0.25, 0.3) is 0 Å². The highest BCUT2D eigenvalue weighted by Gasteiger charge is 2.00. The van der Waals surface area contributed by atoms with Crippen molar-refractivity contribution in [3.8, 4) is 0 Å². The molecule has 1 aromatic rings. The van der Waals surface area contributed by atoms with Crippen LogP contribution in [0.5, 0.6) is 0 Å². The Kier molecular flexibility index (Phi) is 2.21. The first-order valence-electron chi connectivity index (χ1n) is 3.18. The van der Waals surface area contributed by atoms with E-state index in [0.717, 1.165) is 6.21 Å². The Morgan fingerprint density at radius 3 is 2.91 bits per heavy atom. The molecule has 0 unspecified atom stereocenters. The zero-order chi connectivity index (χ0) is 8.27. The van der Waals surface area contributed by atoms with Crippen LogP contribution in [-0.2, 0) is 0 Å². The molecule has 1 aromatic carbocycles. The van der Waals surface area contributed by atoms with Gasteiger partial charge in [0.05, 0.1) is 6.21 Å². The Morgan fingerprint density at radius 1 is 1.55 bits per heavy atom. The molecule has 58 valence electrons. The van der Waals surface area contributed by atoms with Gasteiger partial charge >= 0.3 is 0 Å². The van der Waals surface area contributed by atoms with E-state index in [9.17, 15) is 4.39 Å². The monoisotopic (exact) mass is 153 g/mol. The van der Waals surface area contributed by atoms with Crippen molar-refractivity contribution in [1.29, 1.82) is 0 Å². The second-order valence-corrected chi connectivity index (χ2v) is 2.22. The molecule has 0 saturated carbocycles. The van der Waals surface area contributed by atoms with Gasteiger partial charge in [0.15, 0.2) is 0 Å². The molecule has 11 heavy (non-hydrogen) atoms. The van der Waals surface area contributed by atoms with Crippen LogP contribution in [0.15, 0.2) is 23.4 Å². The highest BCUT2D eigenvalue weighted by Crippen LogP contribution is 2.09. The number of oxime groups is 1. The van der Waals surface area contributed by atoms with Crippen molar-refractivity contribution in [2.24, 2.45) is 5.16 Å². The predicted molar refractivity (Wildman–Crippen MR) is 40.5 cm³/mol. The lowest BCUT2D eigenvalue weighted by Gasteiger charge is -1.97. The molecule has 0 fully saturated rings. The fourth-order valence-corrected chi connectivity index (χ4v) is 0.832. The molecule has 0 saturated heterocycles. The molecule has 0 aliphatic carbocycles. The van der Waals surface area contributed by atoms with E-state index >= 15 is 0 Å². The number of aryl methyl sites for hydroxylation is 1. The van der Waals surface area contributed by atoms with Crippen LogP contribution in [0, 0.1) is 12.7 Å². The first-order valence-corrected chi connectivity index (χ1v) is 3.18. The highest BCUT2D eigenvalue weighted by molar-refractivity contribution is 5.79. The summed E-state index contributed by atoms with van der Waals surface area (Å²) in [6.45, 7) is 1.66. The Morgan fingerprint density at radius 2 is 2.27 bits per heavy atom. The lowest BCUT2D eigenvalue weighted by Crippen LogP contribution is -1.90. The molecule has 0 aromatic heterocycles. The quantitative estimate of drug-likeness (QED) is 0.373. The van der Waals surface area contributed by atoms with Crippen LogP contribution in [0.4, 0.5) is 4.39 Å². The Labute approximate surface area is 64.0 Å². The topological polar surface area (TPSA) is 32.6 Å². The molecule has 1 rings (SSSR count). The van der Waals surface area contributed by atoms with Gasteiger partial charge in [-0.05, 0) is 12.5 Å². The minimum absolute atomic E-state index is 0.299. The van der Waals surface area contributed by atoms with E-state index in [1.165, 1.54) is 0 Å². The van der Waals surface area contributed by atoms with Gasteiger partial charge in [0.1, 0.15) is 5.82 Å².